The molecule has 0 atom stereocenters. The number of hydrogen-bond acceptors (Lipinski definition) is 5. The highest BCUT2D eigenvalue weighted by atomic mass is 35.5. The van der Waals surface area contributed by atoms with Gasteiger partial charge >= 0.3 is 6.18 Å². The number of ether oxygens (including phenoxy) is 1. The monoisotopic (exact) mass is 620 g/mol. The Labute approximate surface area is 242 Å². The molecule has 0 spiro atoms. The Balaban J connectivity index is 0.000000784. The molecule has 13 heteroatoms. The number of carbonyl (C=O) groups excluding carboxylic acids is 2. The van der Waals surface area contributed by atoms with E-state index in [1.807, 2.05) is 13.8 Å². The van der Waals surface area contributed by atoms with E-state index in [4.69, 9.17) is 21.5 Å². The van der Waals surface area contributed by atoms with Gasteiger partial charge in [0, 0.05) is 10.7 Å². The highest BCUT2D eigenvalue weighted by Crippen LogP contribution is 2.28. The minimum absolute atomic E-state index is 0.00888. The SMILES string of the molecule is CC.C\C=C(/C=C(F)\C=C(/C)C(C)=O)C(F)(F)F.Cc1cc(S(N)(=O)=O)ccc1NC(=O)COc1ccc(Cl)cc1. The number of rotatable bonds is 8. The van der Waals surface area contributed by atoms with Crippen molar-refractivity contribution in [2.75, 3.05) is 11.9 Å². The summed E-state index contributed by atoms with van der Waals surface area (Å²) in [4.78, 5) is 22.6. The number of primary sulfonamides is 1. The predicted octanol–water partition coefficient (Wildman–Crippen LogP) is 7.22. The third-order valence-corrected chi connectivity index (χ3v) is 5.99. The molecular weight excluding hydrogens is 588 g/mol. The summed E-state index contributed by atoms with van der Waals surface area (Å²) < 4.78 is 77.6. The van der Waals surface area contributed by atoms with Gasteiger partial charge in [-0.3, -0.25) is 9.59 Å². The predicted molar refractivity (Wildman–Crippen MR) is 153 cm³/mol. The smallest absolute Gasteiger partial charge is 0.416 e. The number of benzene rings is 2. The van der Waals surface area contributed by atoms with Crippen LogP contribution in [0.3, 0.4) is 0 Å². The lowest BCUT2D eigenvalue weighted by Gasteiger charge is -2.10. The summed E-state index contributed by atoms with van der Waals surface area (Å²) in [5, 5.41) is 8.28. The molecule has 2 aromatic carbocycles. The fraction of sp³-hybridized carbons (Fsp3) is 0.286. The first-order valence-electron chi connectivity index (χ1n) is 12.1. The van der Waals surface area contributed by atoms with Gasteiger partial charge in [-0.2, -0.15) is 13.2 Å². The van der Waals surface area contributed by atoms with Gasteiger partial charge in [-0.05, 0) is 93.4 Å². The molecule has 3 N–H and O–H groups in total. The number of allylic oxidation sites excluding steroid dienone is 6. The molecule has 0 aliphatic carbocycles. The van der Waals surface area contributed by atoms with Gasteiger partial charge in [-0.25, -0.2) is 17.9 Å². The Morgan fingerprint density at radius 2 is 1.61 bits per heavy atom. The molecule has 0 aromatic heterocycles. The molecule has 2 aromatic rings. The number of halogens is 5. The van der Waals surface area contributed by atoms with Crippen LogP contribution in [0.25, 0.3) is 0 Å². The standard InChI is InChI=1S/C15H15ClN2O4S.C11H12F4O.C2H6/c1-10-8-13(23(17,20)21)6-7-14(10)18-15(19)9-22-12-4-2-11(16)3-5-12;1-4-9(11(13,14)15)6-10(12)5-7(2)8(3)16;1-2/h2-8H,9H2,1H3,(H,18,19)(H2,17,20,21);4-6H,1-3H3;1-2H3/b;7-5+,9-4+,10-6+;. The van der Waals surface area contributed by atoms with Gasteiger partial charge in [-0.15, -0.1) is 0 Å². The molecule has 1 amide bonds. The van der Waals surface area contributed by atoms with Crippen molar-refractivity contribution in [2.45, 2.75) is 52.6 Å². The van der Waals surface area contributed by atoms with Crippen LogP contribution in [-0.4, -0.2) is 32.9 Å². The Morgan fingerprint density at radius 1 is 1.05 bits per heavy atom. The van der Waals surface area contributed by atoms with Gasteiger partial charge in [0.2, 0.25) is 10.0 Å². The van der Waals surface area contributed by atoms with Crippen molar-refractivity contribution in [3.8, 4) is 5.75 Å². The Kier molecular flexibility index (Phi) is 15.9. The number of aryl methyl sites for hydroxylation is 1. The van der Waals surface area contributed by atoms with Crippen molar-refractivity contribution in [3.63, 3.8) is 0 Å². The van der Waals surface area contributed by atoms with E-state index in [0.29, 0.717) is 28.1 Å². The lowest BCUT2D eigenvalue weighted by molar-refractivity contribution is -0.118. The van der Waals surface area contributed by atoms with E-state index in [1.165, 1.54) is 32.0 Å². The summed E-state index contributed by atoms with van der Waals surface area (Å²) in [7, 11) is -3.77. The van der Waals surface area contributed by atoms with Crippen LogP contribution in [0, 0.1) is 6.92 Å². The maximum Gasteiger partial charge on any atom is 0.416 e. The first kappa shape index (κ1) is 37.5. The first-order valence-corrected chi connectivity index (χ1v) is 14.0. The highest BCUT2D eigenvalue weighted by molar-refractivity contribution is 7.89. The third-order valence-electron chi connectivity index (χ3n) is 4.83. The van der Waals surface area contributed by atoms with Gasteiger partial charge in [0.05, 0.1) is 10.5 Å². The normalized spacial score (nSPS) is 12.3. The van der Waals surface area contributed by atoms with Crippen LogP contribution in [-0.2, 0) is 19.6 Å². The molecule has 0 unspecified atom stereocenters. The molecule has 0 radical (unpaired) electrons. The second-order valence-electron chi connectivity index (χ2n) is 7.97. The molecule has 41 heavy (non-hydrogen) atoms. The van der Waals surface area contributed by atoms with Crippen molar-refractivity contribution in [1.82, 2.24) is 0 Å². The van der Waals surface area contributed by atoms with Crippen molar-refractivity contribution < 1.29 is 40.3 Å². The number of anilines is 1. The van der Waals surface area contributed by atoms with E-state index in [-0.39, 0.29) is 23.0 Å². The molecule has 0 aliphatic heterocycles. The van der Waals surface area contributed by atoms with Crippen LogP contribution in [0.15, 0.2) is 82.6 Å². The molecule has 7 nitrogen and oxygen atoms in total. The lowest BCUT2D eigenvalue weighted by Crippen LogP contribution is -2.21. The number of nitrogens with one attached hydrogen (secondary N) is 1. The van der Waals surface area contributed by atoms with E-state index in [0.717, 1.165) is 19.1 Å². The minimum Gasteiger partial charge on any atom is -0.484 e. The van der Waals surface area contributed by atoms with Crippen LogP contribution in [0.5, 0.6) is 5.75 Å². The van der Waals surface area contributed by atoms with E-state index >= 15 is 0 Å². The number of nitrogens with two attached hydrogens (primary N) is 1. The highest BCUT2D eigenvalue weighted by Gasteiger charge is 2.31. The maximum absolute atomic E-state index is 13.1. The largest absolute Gasteiger partial charge is 0.484 e. The number of ketones is 1. The molecule has 0 fully saturated rings. The fourth-order valence-electron chi connectivity index (χ4n) is 2.65. The number of Topliss-reactive ketones (excluding diaryl/α,β-unsaturated/α-hetero) is 1. The summed E-state index contributed by atoms with van der Waals surface area (Å²) in [6.07, 6.45) is -2.70. The molecule has 0 heterocycles. The number of alkyl halides is 3. The zero-order chi connectivity index (χ0) is 32.0. The maximum atomic E-state index is 13.1. The van der Waals surface area contributed by atoms with Crippen LogP contribution >= 0.6 is 11.6 Å². The lowest BCUT2D eigenvalue weighted by atomic mass is 10.1. The Hall–Kier alpha value is -3.48. The zero-order valence-electron chi connectivity index (χ0n) is 23.4. The van der Waals surface area contributed by atoms with Crippen LogP contribution in [0.1, 0.15) is 40.2 Å². The number of hydrogen-bond donors (Lipinski definition) is 2. The summed E-state index contributed by atoms with van der Waals surface area (Å²) in [5.41, 5.74) is 0.0439. The zero-order valence-corrected chi connectivity index (χ0v) is 25.0. The van der Waals surface area contributed by atoms with Crippen LogP contribution < -0.4 is 15.2 Å². The van der Waals surface area contributed by atoms with Gasteiger partial charge < -0.3 is 10.1 Å². The van der Waals surface area contributed by atoms with E-state index in [1.54, 1.807) is 31.2 Å². The molecule has 226 valence electrons. The van der Waals surface area contributed by atoms with Crippen molar-refractivity contribution >= 4 is 39.0 Å². The Bertz CT molecular complexity index is 1390. The first-order chi connectivity index (χ1) is 18.9. The molecule has 2 rings (SSSR count). The van der Waals surface area contributed by atoms with Crippen LogP contribution in [0.4, 0.5) is 23.2 Å². The second kappa shape index (κ2) is 17.4. The molecular formula is C28H33ClF4N2O5S. The second-order valence-corrected chi connectivity index (χ2v) is 9.96. The summed E-state index contributed by atoms with van der Waals surface area (Å²) in [6.45, 7) is 9.19. The number of sulfonamides is 1. The molecule has 0 saturated carbocycles. The number of carbonyl (C=O) groups is 2. The fourth-order valence-corrected chi connectivity index (χ4v) is 3.37. The quantitative estimate of drug-likeness (QED) is 0.184. The topological polar surface area (TPSA) is 116 Å². The molecule has 0 aliphatic rings. The summed E-state index contributed by atoms with van der Waals surface area (Å²) >= 11 is 5.76. The third kappa shape index (κ3) is 14.6. The molecule has 0 saturated heterocycles. The molecule has 0 bridgehead atoms. The average Bonchev–Trinajstić information content (AvgIpc) is 2.88. The van der Waals surface area contributed by atoms with E-state index in [9.17, 15) is 35.6 Å². The summed E-state index contributed by atoms with van der Waals surface area (Å²) in [5.74, 6) is -1.34. The number of amides is 1. The average molecular weight is 621 g/mol. The minimum atomic E-state index is -4.59. The van der Waals surface area contributed by atoms with E-state index < -0.39 is 33.4 Å². The Morgan fingerprint density at radius 3 is 2.05 bits per heavy atom. The van der Waals surface area contributed by atoms with Crippen LogP contribution in [0.2, 0.25) is 5.02 Å². The van der Waals surface area contributed by atoms with Crippen molar-refractivity contribution in [3.05, 3.63) is 88.3 Å². The van der Waals surface area contributed by atoms with Gasteiger partial charge in [0.1, 0.15) is 11.6 Å². The van der Waals surface area contributed by atoms with Gasteiger partial charge in [0.15, 0.2) is 12.4 Å². The van der Waals surface area contributed by atoms with Crippen molar-refractivity contribution in [2.24, 2.45) is 5.14 Å². The van der Waals surface area contributed by atoms with Gasteiger partial charge in [0.25, 0.3) is 5.91 Å². The van der Waals surface area contributed by atoms with E-state index in [2.05, 4.69) is 5.32 Å². The van der Waals surface area contributed by atoms with Gasteiger partial charge in [-0.1, -0.05) is 31.5 Å². The van der Waals surface area contributed by atoms with Crippen molar-refractivity contribution in [1.29, 1.82) is 0 Å². The summed E-state index contributed by atoms with van der Waals surface area (Å²) in [6, 6.07) is 10.8.